The average Bonchev–Trinajstić information content (AvgIpc) is 2.97. The largest absolute Gasteiger partial charge is 0.432 e. The summed E-state index contributed by atoms with van der Waals surface area (Å²) in [6.45, 7) is 0.343. The Kier molecular flexibility index (Phi) is 4.03. The van der Waals surface area contributed by atoms with Crippen molar-refractivity contribution in [2.24, 2.45) is 0 Å². The molecule has 0 radical (unpaired) electrons. The number of nitrogens with zero attached hydrogens (tertiary/aromatic N) is 1. The van der Waals surface area contributed by atoms with Gasteiger partial charge in [0, 0.05) is 13.2 Å². The summed E-state index contributed by atoms with van der Waals surface area (Å²) in [5, 5.41) is 8.01. The summed E-state index contributed by atoms with van der Waals surface area (Å²) < 4.78 is 42.4. The average molecular weight is 291 g/mol. The topological polar surface area (TPSA) is 67.0 Å². The molecular formula is C12H16F3N3O2. The van der Waals surface area contributed by atoms with Crippen molar-refractivity contribution in [3.63, 3.8) is 0 Å². The van der Waals surface area contributed by atoms with Gasteiger partial charge in [-0.15, -0.1) is 0 Å². The molecule has 5 nitrogen and oxygen atoms in total. The standard InChI is InChI=1S/C12H16F3N3O2/c1-20-7-11(4-2-3-5-11)16-10(19)8-6-9(18-17-8)12(13,14)15/h6H,2-5,7H2,1H3,(H,16,19)(H,17,18). The number of aromatic nitrogens is 2. The third-order valence-corrected chi connectivity index (χ3v) is 3.48. The Bertz CT molecular complexity index is 479. The molecule has 1 saturated carbocycles. The van der Waals surface area contributed by atoms with E-state index in [9.17, 15) is 18.0 Å². The van der Waals surface area contributed by atoms with Gasteiger partial charge in [0.15, 0.2) is 5.69 Å². The lowest BCUT2D eigenvalue weighted by atomic mass is 9.98. The van der Waals surface area contributed by atoms with Crippen molar-refractivity contribution >= 4 is 5.91 Å². The van der Waals surface area contributed by atoms with Gasteiger partial charge in [-0.05, 0) is 12.8 Å². The molecule has 0 bridgehead atoms. The van der Waals surface area contributed by atoms with E-state index >= 15 is 0 Å². The van der Waals surface area contributed by atoms with Crippen LogP contribution in [0.3, 0.4) is 0 Å². The van der Waals surface area contributed by atoms with E-state index in [2.05, 4.69) is 10.4 Å². The van der Waals surface area contributed by atoms with Crippen LogP contribution in [-0.4, -0.2) is 35.4 Å². The lowest BCUT2D eigenvalue weighted by Crippen LogP contribution is -2.49. The summed E-state index contributed by atoms with van der Waals surface area (Å²) in [6, 6.07) is 0.713. The van der Waals surface area contributed by atoms with Crippen LogP contribution >= 0.6 is 0 Å². The highest BCUT2D eigenvalue weighted by Crippen LogP contribution is 2.31. The lowest BCUT2D eigenvalue weighted by molar-refractivity contribution is -0.141. The Balaban J connectivity index is 2.09. The Morgan fingerprint density at radius 3 is 2.65 bits per heavy atom. The molecule has 0 unspecified atom stereocenters. The summed E-state index contributed by atoms with van der Waals surface area (Å²) in [4.78, 5) is 12.0. The van der Waals surface area contributed by atoms with Crippen molar-refractivity contribution in [2.75, 3.05) is 13.7 Å². The fourth-order valence-electron chi connectivity index (χ4n) is 2.52. The minimum absolute atomic E-state index is 0.264. The van der Waals surface area contributed by atoms with Crippen LogP contribution in [0.15, 0.2) is 6.07 Å². The number of alkyl halides is 3. The first-order valence-electron chi connectivity index (χ1n) is 6.30. The number of halogens is 3. The highest BCUT2D eigenvalue weighted by Gasteiger charge is 2.37. The van der Waals surface area contributed by atoms with Gasteiger partial charge in [-0.3, -0.25) is 9.89 Å². The number of aromatic amines is 1. The zero-order chi connectivity index (χ0) is 14.8. The quantitative estimate of drug-likeness (QED) is 0.893. The second-order valence-electron chi connectivity index (χ2n) is 5.04. The number of carbonyl (C=O) groups is 1. The molecule has 1 amide bonds. The van der Waals surface area contributed by atoms with Crippen molar-refractivity contribution in [3.8, 4) is 0 Å². The third-order valence-electron chi connectivity index (χ3n) is 3.48. The number of H-pyrrole nitrogens is 1. The van der Waals surface area contributed by atoms with Gasteiger partial charge in [-0.25, -0.2) is 0 Å². The summed E-state index contributed by atoms with van der Waals surface area (Å²) in [5.41, 5.74) is -1.79. The van der Waals surface area contributed by atoms with E-state index in [0.29, 0.717) is 12.7 Å². The lowest BCUT2D eigenvalue weighted by Gasteiger charge is -2.29. The van der Waals surface area contributed by atoms with Crippen molar-refractivity contribution in [2.45, 2.75) is 37.4 Å². The summed E-state index contributed by atoms with van der Waals surface area (Å²) in [7, 11) is 1.53. The second kappa shape index (κ2) is 5.43. The maximum absolute atomic E-state index is 12.4. The van der Waals surface area contributed by atoms with Crippen LogP contribution in [0.4, 0.5) is 13.2 Å². The Labute approximate surface area is 113 Å². The van der Waals surface area contributed by atoms with Crippen LogP contribution in [0, 0.1) is 0 Å². The predicted molar refractivity (Wildman–Crippen MR) is 64.1 cm³/mol. The van der Waals surface area contributed by atoms with Crippen LogP contribution in [0.2, 0.25) is 0 Å². The van der Waals surface area contributed by atoms with Gasteiger partial charge in [-0.2, -0.15) is 18.3 Å². The number of ether oxygens (including phenoxy) is 1. The monoisotopic (exact) mass is 291 g/mol. The van der Waals surface area contributed by atoms with E-state index in [4.69, 9.17) is 4.74 Å². The van der Waals surface area contributed by atoms with Gasteiger partial charge in [-0.1, -0.05) is 12.8 Å². The van der Waals surface area contributed by atoms with Crippen LogP contribution in [0.1, 0.15) is 41.9 Å². The molecule has 0 atom stereocenters. The van der Waals surface area contributed by atoms with Crippen LogP contribution in [0.5, 0.6) is 0 Å². The molecule has 1 heterocycles. The van der Waals surface area contributed by atoms with E-state index in [-0.39, 0.29) is 5.69 Å². The molecule has 1 fully saturated rings. The number of methoxy groups -OCH3 is 1. The third kappa shape index (κ3) is 3.12. The first-order chi connectivity index (χ1) is 9.36. The molecule has 2 rings (SSSR count). The van der Waals surface area contributed by atoms with E-state index in [0.717, 1.165) is 25.7 Å². The minimum Gasteiger partial charge on any atom is -0.382 e. The number of amides is 1. The summed E-state index contributed by atoms with van der Waals surface area (Å²) in [6.07, 6.45) is -1.12. The number of hydrogen-bond donors (Lipinski definition) is 2. The molecule has 20 heavy (non-hydrogen) atoms. The number of carbonyl (C=O) groups excluding carboxylic acids is 1. The predicted octanol–water partition coefficient (Wildman–Crippen LogP) is 2.12. The van der Waals surface area contributed by atoms with Crippen molar-refractivity contribution in [3.05, 3.63) is 17.5 Å². The van der Waals surface area contributed by atoms with E-state index in [1.54, 1.807) is 0 Å². The molecule has 8 heteroatoms. The van der Waals surface area contributed by atoms with Gasteiger partial charge in [0.25, 0.3) is 5.91 Å². The number of nitrogens with one attached hydrogen (secondary N) is 2. The SMILES string of the molecule is COCC1(NC(=O)c2cc(C(F)(F)F)[nH]n2)CCCC1. The molecule has 0 aromatic carbocycles. The number of rotatable bonds is 4. The highest BCUT2D eigenvalue weighted by molar-refractivity contribution is 5.92. The van der Waals surface area contributed by atoms with Gasteiger partial charge in [0.2, 0.25) is 0 Å². The second-order valence-corrected chi connectivity index (χ2v) is 5.04. The van der Waals surface area contributed by atoms with Gasteiger partial charge >= 0.3 is 6.18 Å². The van der Waals surface area contributed by atoms with E-state index in [1.165, 1.54) is 7.11 Å². The van der Waals surface area contributed by atoms with Crippen LogP contribution in [-0.2, 0) is 10.9 Å². The summed E-state index contributed by atoms with van der Waals surface area (Å²) >= 11 is 0. The van der Waals surface area contributed by atoms with E-state index < -0.39 is 23.3 Å². The molecule has 0 aliphatic heterocycles. The van der Waals surface area contributed by atoms with Crippen LogP contribution < -0.4 is 5.32 Å². The molecule has 1 aromatic rings. The first-order valence-corrected chi connectivity index (χ1v) is 6.30. The molecule has 1 aliphatic carbocycles. The zero-order valence-electron chi connectivity index (χ0n) is 11.0. The Hall–Kier alpha value is -1.57. The molecule has 1 aliphatic rings. The molecular weight excluding hydrogens is 275 g/mol. The van der Waals surface area contributed by atoms with Gasteiger partial charge in [0.05, 0.1) is 12.1 Å². The van der Waals surface area contributed by atoms with Gasteiger partial charge < -0.3 is 10.1 Å². The van der Waals surface area contributed by atoms with Crippen molar-refractivity contribution in [1.82, 2.24) is 15.5 Å². The van der Waals surface area contributed by atoms with Crippen molar-refractivity contribution < 1.29 is 22.7 Å². The fourth-order valence-corrected chi connectivity index (χ4v) is 2.52. The molecule has 112 valence electrons. The summed E-state index contributed by atoms with van der Waals surface area (Å²) in [5.74, 6) is -0.615. The molecule has 1 aromatic heterocycles. The number of hydrogen-bond acceptors (Lipinski definition) is 3. The normalized spacial score (nSPS) is 18.2. The first kappa shape index (κ1) is 14.8. The Morgan fingerprint density at radius 1 is 1.50 bits per heavy atom. The highest BCUT2D eigenvalue weighted by atomic mass is 19.4. The fraction of sp³-hybridized carbons (Fsp3) is 0.667. The van der Waals surface area contributed by atoms with E-state index in [1.807, 2.05) is 5.10 Å². The molecule has 0 saturated heterocycles. The zero-order valence-corrected chi connectivity index (χ0v) is 11.0. The maximum atomic E-state index is 12.4. The molecule has 0 spiro atoms. The van der Waals surface area contributed by atoms with Crippen LogP contribution in [0.25, 0.3) is 0 Å². The molecule has 2 N–H and O–H groups in total. The minimum atomic E-state index is -4.54. The van der Waals surface area contributed by atoms with Gasteiger partial charge in [0.1, 0.15) is 5.69 Å². The van der Waals surface area contributed by atoms with Crippen molar-refractivity contribution in [1.29, 1.82) is 0 Å². The Morgan fingerprint density at radius 2 is 2.15 bits per heavy atom. The maximum Gasteiger partial charge on any atom is 0.432 e. The smallest absolute Gasteiger partial charge is 0.382 e.